The van der Waals surface area contributed by atoms with Crippen LogP contribution in [0.2, 0.25) is 0 Å². The van der Waals surface area contributed by atoms with Crippen LogP contribution in [0, 0.1) is 0 Å². The van der Waals surface area contributed by atoms with E-state index >= 15 is 0 Å². The van der Waals surface area contributed by atoms with Crippen LogP contribution >= 0.6 is 0 Å². The van der Waals surface area contributed by atoms with Gasteiger partial charge in [0.2, 0.25) is 0 Å². The average Bonchev–Trinajstić information content (AvgIpc) is 2.58. The molecule has 0 aliphatic rings. The van der Waals surface area contributed by atoms with Crippen LogP contribution in [0.15, 0.2) is 72.8 Å². The highest BCUT2D eigenvalue weighted by Gasteiger charge is 2.06. The second-order valence-corrected chi connectivity index (χ2v) is 5.42. The van der Waals surface area contributed by atoms with E-state index in [2.05, 4.69) is 12.1 Å². The fourth-order valence-electron chi connectivity index (χ4n) is 2.47. The smallest absolute Gasteiger partial charge is 0.127 e. The molecule has 3 N–H and O–H groups in total. The van der Waals surface area contributed by atoms with Gasteiger partial charge in [-0.15, -0.1) is 0 Å². The lowest BCUT2D eigenvalue weighted by Gasteiger charge is -2.12. The van der Waals surface area contributed by atoms with Crippen molar-refractivity contribution in [2.45, 2.75) is 13.0 Å². The van der Waals surface area contributed by atoms with Gasteiger partial charge in [-0.1, -0.05) is 36.4 Å². The van der Waals surface area contributed by atoms with E-state index in [1.54, 1.807) is 0 Å². The summed E-state index contributed by atoms with van der Waals surface area (Å²) < 4.78 is 5.87. The van der Waals surface area contributed by atoms with E-state index in [1.165, 1.54) is 5.56 Å². The molecule has 23 heavy (non-hydrogen) atoms. The molecule has 0 aromatic heterocycles. The number of nitrogens with two attached hydrogens (primary N) is 1. The molecule has 0 atom stereocenters. The second-order valence-electron chi connectivity index (χ2n) is 5.42. The van der Waals surface area contributed by atoms with Crippen LogP contribution in [0.4, 0.5) is 5.69 Å². The Bertz CT molecular complexity index is 767. The zero-order chi connectivity index (χ0) is 16.1. The van der Waals surface area contributed by atoms with Gasteiger partial charge < -0.3 is 15.6 Å². The number of aliphatic hydroxyl groups is 1. The zero-order valence-corrected chi connectivity index (χ0v) is 12.8. The summed E-state index contributed by atoms with van der Waals surface area (Å²) >= 11 is 0. The third-order valence-electron chi connectivity index (χ3n) is 3.70. The first-order valence-electron chi connectivity index (χ1n) is 7.54. The molecule has 3 aromatic rings. The zero-order valence-electron chi connectivity index (χ0n) is 12.8. The summed E-state index contributed by atoms with van der Waals surface area (Å²) in [6.45, 7) is 0.0182. The van der Waals surface area contributed by atoms with Crippen LogP contribution in [0.5, 0.6) is 11.5 Å². The van der Waals surface area contributed by atoms with Gasteiger partial charge in [-0.05, 0) is 59.5 Å². The van der Waals surface area contributed by atoms with Crippen LogP contribution in [0.25, 0.3) is 0 Å². The quantitative estimate of drug-likeness (QED) is 0.696. The van der Waals surface area contributed by atoms with Crippen molar-refractivity contribution in [3.8, 4) is 11.5 Å². The van der Waals surface area contributed by atoms with Crippen LogP contribution in [0.1, 0.15) is 16.7 Å². The van der Waals surface area contributed by atoms with Crippen molar-refractivity contribution in [1.29, 1.82) is 0 Å². The molecular formula is C20H19NO2. The van der Waals surface area contributed by atoms with E-state index in [4.69, 9.17) is 10.5 Å². The van der Waals surface area contributed by atoms with Crippen molar-refractivity contribution in [2.75, 3.05) is 5.73 Å². The van der Waals surface area contributed by atoms with Crippen molar-refractivity contribution >= 4 is 5.69 Å². The summed E-state index contributed by atoms with van der Waals surface area (Å²) in [6.07, 6.45) is 0.760. The highest BCUT2D eigenvalue weighted by atomic mass is 16.5. The van der Waals surface area contributed by atoms with E-state index in [-0.39, 0.29) is 6.61 Å². The number of hydrogen-bond acceptors (Lipinski definition) is 3. The van der Waals surface area contributed by atoms with E-state index in [0.717, 1.165) is 29.0 Å². The van der Waals surface area contributed by atoms with Gasteiger partial charge in [0.15, 0.2) is 0 Å². The van der Waals surface area contributed by atoms with E-state index in [9.17, 15) is 5.11 Å². The van der Waals surface area contributed by atoms with Gasteiger partial charge in [-0.25, -0.2) is 0 Å². The fourth-order valence-corrected chi connectivity index (χ4v) is 2.47. The lowest BCUT2D eigenvalue weighted by molar-refractivity contribution is 0.280. The molecule has 116 valence electrons. The van der Waals surface area contributed by atoms with Crippen molar-refractivity contribution in [2.24, 2.45) is 0 Å². The third-order valence-corrected chi connectivity index (χ3v) is 3.70. The molecule has 3 nitrogen and oxygen atoms in total. The Morgan fingerprint density at radius 3 is 2.17 bits per heavy atom. The van der Waals surface area contributed by atoms with Gasteiger partial charge in [0.1, 0.15) is 11.5 Å². The topological polar surface area (TPSA) is 55.5 Å². The number of anilines is 1. The Kier molecular flexibility index (Phi) is 4.60. The fraction of sp³-hybridized carbons (Fsp3) is 0.100. The summed E-state index contributed by atoms with van der Waals surface area (Å²) in [6, 6.07) is 23.2. The summed E-state index contributed by atoms with van der Waals surface area (Å²) in [5, 5.41) is 9.55. The Labute approximate surface area is 136 Å². The molecular weight excluding hydrogens is 286 g/mol. The van der Waals surface area contributed by atoms with Crippen molar-refractivity contribution < 1.29 is 9.84 Å². The number of benzene rings is 3. The van der Waals surface area contributed by atoms with Gasteiger partial charge in [-0.3, -0.25) is 0 Å². The maximum Gasteiger partial charge on any atom is 0.127 e. The third kappa shape index (κ3) is 3.90. The summed E-state index contributed by atoms with van der Waals surface area (Å²) in [5.41, 5.74) is 9.57. The molecule has 0 radical (unpaired) electrons. The minimum Gasteiger partial charge on any atom is -0.457 e. The Morgan fingerprint density at radius 2 is 1.48 bits per heavy atom. The lowest BCUT2D eigenvalue weighted by atomic mass is 10.00. The molecule has 0 heterocycles. The molecule has 0 aliphatic heterocycles. The van der Waals surface area contributed by atoms with Crippen molar-refractivity contribution in [1.82, 2.24) is 0 Å². The molecule has 0 saturated carbocycles. The number of hydrogen-bond donors (Lipinski definition) is 2. The Hall–Kier alpha value is -2.78. The van der Waals surface area contributed by atoms with E-state index in [1.807, 2.05) is 60.7 Å². The molecule has 3 aromatic carbocycles. The van der Waals surface area contributed by atoms with Crippen LogP contribution < -0.4 is 10.5 Å². The first-order valence-corrected chi connectivity index (χ1v) is 7.54. The summed E-state index contributed by atoms with van der Waals surface area (Å²) in [4.78, 5) is 0. The van der Waals surface area contributed by atoms with Crippen LogP contribution in [-0.2, 0) is 13.0 Å². The molecule has 0 saturated heterocycles. The SMILES string of the molecule is Nc1ccc(Oc2ccc(CO)c(Cc3ccccc3)c2)cc1. The molecule has 3 rings (SSSR count). The van der Waals surface area contributed by atoms with Gasteiger partial charge in [0.25, 0.3) is 0 Å². The minimum absolute atomic E-state index is 0.0182. The standard InChI is InChI=1S/C20H19NO2/c21-18-7-10-19(11-8-18)23-20-9-6-16(14-22)17(13-20)12-15-4-2-1-3-5-15/h1-11,13,22H,12,14,21H2. The van der Waals surface area contributed by atoms with Gasteiger partial charge >= 0.3 is 0 Å². The molecule has 0 unspecified atom stereocenters. The maximum atomic E-state index is 9.55. The van der Waals surface area contributed by atoms with Gasteiger partial charge in [-0.2, -0.15) is 0 Å². The first-order chi connectivity index (χ1) is 11.2. The normalized spacial score (nSPS) is 10.5. The summed E-state index contributed by atoms with van der Waals surface area (Å²) in [7, 11) is 0. The van der Waals surface area contributed by atoms with Crippen molar-refractivity contribution in [3.63, 3.8) is 0 Å². The first kappa shape index (κ1) is 15.1. The molecule has 0 fully saturated rings. The monoisotopic (exact) mass is 305 g/mol. The van der Waals surface area contributed by atoms with Crippen molar-refractivity contribution in [3.05, 3.63) is 89.5 Å². The second kappa shape index (κ2) is 6.99. The number of rotatable bonds is 5. The van der Waals surface area contributed by atoms with Gasteiger partial charge in [0, 0.05) is 5.69 Å². The molecule has 3 heteroatoms. The average molecular weight is 305 g/mol. The predicted octanol–water partition coefficient (Wildman–Crippen LogP) is 4.14. The minimum atomic E-state index is 0.0182. The lowest BCUT2D eigenvalue weighted by Crippen LogP contribution is -1.97. The highest BCUT2D eigenvalue weighted by Crippen LogP contribution is 2.26. The van der Waals surface area contributed by atoms with Gasteiger partial charge in [0.05, 0.1) is 6.61 Å². The Balaban J connectivity index is 1.85. The van der Waals surface area contributed by atoms with E-state index in [0.29, 0.717) is 5.69 Å². The molecule has 0 amide bonds. The molecule has 0 bridgehead atoms. The predicted molar refractivity (Wildman–Crippen MR) is 92.5 cm³/mol. The van der Waals surface area contributed by atoms with Crippen LogP contribution in [0.3, 0.4) is 0 Å². The Morgan fingerprint density at radius 1 is 0.783 bits per heavy atom. The number of ether oxygens (including phenoxy) is 1. The van der Waals surface area contributed by atoms with E-state index < -0.39 is 0 Å². The molecule has 0 aliphatic carbocycles. The largest absolute Gasteiger partial charge is 0.457 e. The molecule has 0 spiro atoms. The summed E-state index contributed by atoms with van der Waals surface area (Å²) in [5.74, 6) is 1.49. The number of nitrogen functional groups attached to an aromatic ring is 1. The van der Waals surface area contributed by atoms with Crippen LogP contribution in [-0.4, -0.2) is 5.11 Å². The number of aliphatic hydroxyl groups excluding tert-OH is 1. The highest BCUT2D eigenvalue weighted by molar-refractivity contribution is 5.44. The maximum absolute atomic E-state index is 9.55.